The number of rotatable bonds is 7. The van der Waals surface area contributed by atoms with Crippen LogP contribution in [0.25, 0.3) is 88.7 Å². The van der Waals surface area contributed by atoms with E-state index in [9.17, 15) is 0 Å². The zero-order valence-corrected chi connectivity index (χ0v) is 34.8. The maximum Gasteiger partial charge on any atom is 0.0543 e. The average molecular weight is 790 g/mol. The second-order valence-corrected chi connectivity index (χ2v) is 17.2. The van der Waals surface area contributed by atoms with E-state index < -0.39 is 0 Å². The molecule has 0 spiro atoms. The Morgan fingerprint density at radius 3 is 1.63 bits per heavy atom. The van der Waals surface area contributed by atoms with Crippen LogP contribution in [-0.2, 0) is 5.41 Å². The molecule has 0 heterocycles. The smallest absolute Gasteiger partial charge is 0.0543 e. The van der Waals surface area contributed by atoms with Gasteiger partial charge in [0, 0.05) is 22.4 Å². The summed E-state index contributed by atoms with van der Waals surface area (Å²) in [5, 5.41) is 2.60. The van der Waals surface area contributed by atoms with Crippen molar-refractivity contribution in [1.29, 1.82) is 0 Å². The Kier molecular flexibility index (Phi) is 8.27. The molecule has 0 atom stereocenters. The zero-order valence-electron chi connectivity index (χ0n) is 34.8. The minimum atomic E-state index is -0.107. The van der Waals surface area contributed by atoms with Gasteiger partial charge in [-0.1, -0.05) is 196 Å². The quantitative estimate of drug-likeness (QED) is 0.155. The second-order valence-electron chi connectivity index (χ2n) is 17.2. The molecule has 0 saturated heterocycles. The van der Waals surface area contributed by atoms with Gasteiger partial charge in [-0.05, 0) is 137 Å². The van der Waals surface area contributed by atoms with E-state index in [-0.39, 0.29) is 5.41 Å². The Morgan fingerprint density at radius 1 is 0.306 bits per heavy atom. The van der Waals surface area contributed by atoms with Crippen molar-refractivity contribution in [3.8, 4) is 77.9 Å². The third kappa shape index (κ3) is 5.62. The molecule has 62 heavy (non-hydrogen) atoms. The van der Waals surface area contributed by atoms with Crippen molar-refractivity contribution < 1.29 is 0 Å². The summed E-state index contributed by atoms with van der Waals surface area (Å²) in [4.78, 5) is 2.47. The van der Waals surface area contributed by atoms with Crippen molar-refractivity contribution in [3.05, 3.63) is 236 Å². The molecule has 0 radical (unpaired) electrons. The van der Waals surface area contributed by atoms with E-state index in [1.54, 1.807) is 0 Å². The van der Waals surface area contributed by atoms with Crippen LogP contribution in [-0.4, -0.2) is 0 Å². The van der Waals surface area contributed by atoms with Gasteiger partial charge in [0.1, 0.15) is 0 Å². The van der Waals surface area contributed by atoms with Gasteiger partial charge in [-0.3, -0.25) is 0 Å². The molecule has 2 aliphatic carbocycles. The van der Waals surface area contributed by atoms with Crippen LogP contribution in [0, 0.1) is 0 Å². The van der Waals surface area contributed by atoms with Crippen molar-refractivity contribution in [2.75, 3.05) is 4.90 Å². The highest BCUT2D eigenvalue weighted by Gasteiger charge is 2.38. The third-order valence-corrected chi connectivity index (χ3v) is 13.4. The summed E-state index contributed by atoms with van der Waals surface area (Å²) < 4.78 is 0. The van der Waals surface area contributed by atoms with Crippen molar-refractivity contribution in [3.63, 3.8) is 0 Å². The molecule has 0 amide bonds. The largest absolute Gasteiger partial charge is 0.310 e. The molecule has 292 valence electrons. The summed E-state index contributed by atoms with van der Waals surface area (Å²) >= 11 is 0. The van der Waals surface area contributed by atoms with Crippen LogP contribution in [0.1, 0.15) is 25.0 Å². The van der Waals surface area contributed by atoms with E-state index in [0.29, 0.717) is 0 Å². The molecule has 0 saturated carbocycles. The third-order valence-electron chi connectivity index (χ3n) is 13.4. The molecule has 0 aliphatic heterocycles. The summed E-state index contributed by atoms with van der Waals surface area (Å²) in [5.74, 6) is 0. The molecule has 0 aromatic heterocycles. The van der Waals surface area contributed by atoms with E-state index in [0.717, 1.165) is 11.4 Å². The van der Waals surface area contributed by atoms with Crippen LogP contribution in [0.3, 0.4) is 0 Å². The van der Waals surface area contributed by atoms with Gasteiger partial charge in [-0.2, -0.15) is 0 Å². The molecule has 10 aromatic rings. The van der Waals surface area contributed by atoms with Crippen LogP contribution in [0.2, 0.25) is 0 Å². The van der Waals surface area contributed by atoms with E-state index >= 15 is 0 Å². The predicted octanol–water partition coefficient (Wildman–Crippen LogP) is 16.9. The predicted molar refractivity (Wildman–Crippen MR) is 262 cm³/mol. The van der Waals surface area contributed by atoms with E-state index in [2.05, 4.69) is 243 Å². The van der Waals surface area contributed by atoms with Gasteiger partial charge in [-0.15, -0.1) is 0 Å². The Hall–Kier alpha value is -7.74. The van der Waals surface area contributed by atoms with Crippen LogP contribution >= 0.6 is 0 Å². The van der Waals surface area contributed by atoms with Crippen molar-refractivity contribution in [1.82, 2.24) is 0 Å². The fraction of sp³-hybridized carbons (Fsp3) is 0.0492. The molecule has 0 N–H and O–H groups in total. The molecule has 0 fully saturated rings. The van der Waals surface area contributed by atoms with Gasteiger partial charge in [0.15, 0.2) is 0 Å². The van der Waals surface area contributed by atoms with Gasteiger partial charge in [-0.25, -0.2) is 0 Å². The molecule has 1 nitrogen and oxygen atoms in total. The number of benzene rings is 10. The van der Waals surface area contributed by atoms with Gasteiger partial charge >= 0.3 is 0 Å². The number of fused-ring (bicyclic) bond motifs is 6. The fourth-order valence-corrected chi connectivity index (χ4v) is 10.5. The van der Waals surface area contributed by atoms with Crippen LogP contribution < -0.4 is 4.90 Å². The minimum Gasteiger partial charge on any atom is -0.310 e. The van der Waals surface area contributed by atoms with Crippen LogP contribution in [0.4, 0.5) is 17.1 Å². The van der Waals surface area contributed by atoms with E-state index in [4.69, 9.17) is 0 Å². The monoisotopic (exact) mass is 789 g/mol. The Balaban J connectivity index is 1.01. The first-order valence-electron chi connectivity index (χ1n) is 21.7. The highest BCUT2D eigenvalue weighted by Crippen LogP contribution is 2.56. The number of nitrogens with zero attached hydrogens (tertiary/aromatic N) is 1. The standard InChI is InChI=1S/C61H43N/c1-61(2)55-28-13-12-25-51(55)60-56(61)29-16-30-57(60)62(47-24-14-23-44(37-47)40-17-6-3-7-18-40)46-33-31-43(32-34-46)48-35-36-50-54-39-45(41-19-8-4-9-20-41)38-53(42-21-10-5-11-22-42)59(54)52-27-15-26-49(48)58(50)52/h3-39H,1-2H3. The second kappa shape index (κ2) is 14.2. The topological polar surface area (TPSA) is 3.24 Å². The molecule has 1 heteroatoms. The zero-order chi connectivity index (χ0) is 41.4. The van der Waals surface area contributed by atoms with Gasteiger partial charge in [0.2, 0.25) is 0 Å². The first kappa shape index (κ1) is 36.1. The Morgan fingerprint density at radius 2 is 0.871 bits per heavy atom. The average Bonchev–Trinajstić information content (AvgIpc) is 3.79. The lowest BCUT2D eigenvalue weighted by Crippen LogP contribution is -2.16. The molecule has 12 rings (SSSR count). The lowest BCUT2D eigenvalue weighted by molar-refractivity contribution is 0.660. The van der Waals surface area contributed by atoms with E-state index in [1.807, 2.05) is 0 Å². The SMILES string of the molecule is CC1(C)c2ccccc2-c2c(N(c3ccc(-c4ccc5c6c(cccc46)-c4c(-c6ccccc6)cc(-c6ccccc6)cc4-5)cc3)c3cccc(-c4ccccc4)c3)cccc21. The summed E-state index contributed by atoms with van der Waals surface area (Å²) in [6, 6.07) is 82.8. The maximum absolute atomic E-state index is 2.47. The summed E-state index contributed by atoms with van der Waals surface area (Å²) in [6.07, 6.45) is 0. The molecule has 2 aliphatic rings. The molecule has 0 bridgehead atoms. The number of anilines is 3. The molecular weight excluding hydrogens is 747 g/mol. The Bertz CT molecular complexity index is 3340. The Labute approximate surface area is 363 Å². The minimum absolute atomic E-state index is 0.107. The van der Waals surface area contributed by atoms with Crippen LogP contribution in [0.15, 0.2) is 224 Å². The molecule has 0 unspecified atom stereocenters. The normalized spacial score (nSPS) is 12.8. The molecular formula is C61H43N. The lowest BCUT2D eigenvalue weighted by Gasteiger charge is -2.29. The summed E-state index contributed by atoms with van der Waals surface area (Å²) in [6.45, 7) is 4.72. The van der Waals surface area contributed by atoms with Crippen molar-refractivity contribution in [2.45, 2.75) is 19.3 Å². The first-order chi connectivity index (χ1) is 30.5. The highest BCUT2D eigenvalue weighted by molar-refractivity contribution is 6.21. The van der Waals surface area contributed by atoms with Gasteiger partial charge in [0.25, 0.3) is 0 Å². The first-order valence-corrected chi connectivity index (χ1v) is 21.7. The van der Waals surface area contributed by atoms with Crippen LogP contribution in [0.5, 0.6) is 0 Å². The number of hydrogen-bond donors (Lipinski definition) is 0. The summed E-state index contributed by atoms with van der Waals surface area (Å²) in [7, 11) is 0. The highest BCUT2D eigenvalue weighted by atomic mass is 15.1. The van der Waals surface area contributed by atoms with Crippen molar-refractivity contribution >= 4 is 27.8 Å². The molecule has 10 aromatic carbocycles. The fourth-order valence-electron chi connectivity index (χ4n) is 10.5. The van der Waals surface area contributed by atoms with Gasteiger partial charge in [0.05, 0.1) is 5.69 Å². The summed E-state index contributed by atoms with van der Waals surface area (Å²) in [5.41, 5.74) is 23.7. The lowest BCUT2D eigenvalue weighted by atomic mass is 9.82. The number of hydrogen-bond acceptors (Lipinski definition) is 1. The van der Waals surface area contributed by atoms with E-state index in [1.165, 1.54) is 105 Å². The van der Waals surface area contributed by atoms with Crippen molar-refractivity contribution in [2.24, 2.45) is 0 Å². The van der Waals surface area contributed by atoms with Gasteiger partial charge < -0.3 is 4.90 Å². The maximum atomic E-state index is 2.47.